The van der Waals surface area contributed by atoms with Gasteiger partial charge < -0.3 is 10.1 Å². The zero-order valence-electron chi connectivity index (χ0n) is 10.6. The highest BCUT2D eigenvalue weighted by Gasteiger charge is 2.30. The molecule has 0 amide bonds. The van der Waals surface area contributed by atoms with Crippen LogP contribution in [0.25, 0.3) is 0 Å². The molecule has 0 aliphatic heterocycles. The predicted octanol–water partition coefficient (Wildman–Crippen LogP) is 3.11. The molecular formula is C13H27NO. The van der Waals surface area contributed by atoms with E-state index in [0.717, 1.165) is 6.61 Å². The van der Waals surface area contributed by atoms with Crippen LogP contribution < -0.4 is 5.32 Å². The molecule has 0 bridgehead atoms. The van der Waals surface area contributed by atoms with E-state index < -0.39 is 0 Å². The number of rotatable bonds is 7. The highest BCUT2D eigenvalue weighted by atomic mass is 16.5. The van der Waals surface area contributed by atoms with Gasteiger partial charge in [-0.25, -0.2) is 0 Å². The molecular weight excluding hydrogens is 186 g/mol. The third-order valence-corrected chi connectivity index (χ3v) is 3.53. The molecule has 0 spiro atoms. The largest absolute Gasteiger partial charge is 0.383 e. The van der Waals surface area contributed by atoms with Gasteiger partial charge in [0.05, 0.1) is 6.61 Å². The number of nitrogens with one attached hydrogen (secondary N) is 1. The number of ether oxygens (including phenoxy) is 1. The van der Waals surface area contributed by atoms with Crippen LogP contribution in [0.3, 0.4) is 0 Å². The molecule has 1 fully saturated rings. The van der Waals surface area contributed by atoms with E-state index in [2.05, 4.69) is 19.2 Å². The van der Waals surface area contributed by atoms with Crippen molar-refractivity contribution in [3.63, 3.8) is 0 Å². The SMILES string of the molecule is CCCCC(COC)NC1(C)CCCC1. The van der Waals surface area contributed by atoms with Gasteiger partial charge in [0.1, 0.15) is 0 Å². The zero-order chi connectivity index (χ0) is 11.1. The Morgan fingerprint density at radius 2 is 2.00 bits per heavy atom. The van der Waals surface area contributed by atoms with Crippen molar-refractivity contribution < 1.29 is 4.74 Å². The van der Waals surface area contributed by atoms with Crippen LogP contribution in [-0.4, -0.2) is 25.3 Å². The van der Waals surface area contributed by atoms with Gasteiger partial charge in [0, 0.05) is 18.7 Å². The Morgan fingerprint density at radius 3 is 2.53 bits per heavy atom. The Bertz CT molecular complexity index is 164. The molecule has 1 aliphatic rings. The van der Waals surface area contributed by atoms with Crippen LogP contribution in [0.5, 0.6) is 0 Å². The number of methoxy groups -OCH3 is 1. The van der Waals surface area contributed by atoms with E-state index in [1.807, 2.05) is 0 Å². The van der Waals surface area contributed by atoms with Crippen molar-refractivity contribution in [3.8, 4) is 0 Å². The summed E-state index contributed by atoms with van der Waals surface area (Å²) in [5, 5.41) is 3.80. The van der Waals surface area contributed by atoms with Gasteiger partial charge in [-0.15, -0.1) is 0 Å². The quantitative estimate of drug-likeness (QED) is 0.701. The Labute approximate surface area is 94.8 Å². The first kappa shape index (κ1) is 13.0. The molecule has 0 saturated heterocycles. The third-order valence-electron chi connectivity index (χ3n) is 3.53. The van der Waals surface area contributed by atoms with Crippen molar-refractivity contribution in [3.05, 3.63) is 0 Å². The average molecular weight is 213 g/mol. The van der Waals surface area contributed by atoms with Crippen molar-refractivity contribution in [2.24, 2.45) is 0 Å². The second-order valence-electron chi connectivity index (χ2n) is 5.21. The molecule has 0 aromatic heterocycles. The molecule has 2 nitrogen and oxygen atoms in total. The van der Waals surface area contributed by atoms with Gasteiger partial charge in [0.15, 0.2) is 0 Å². The minimum absolute atomic E-state index is 0.386. The molecule has 0 aromatic rings. The fourth-order valence-corrected chi connectivity index (χ4v) is 2.64. The first-order valence-electron chi connectivity index (χ1n) is 6.47. The van der Waals surface area contributed by atoms with Crippen molar-refractivity contribution in [2.45, 2.75) is 70.4 Å². The highest BCUT2D eigenvalue weighted by molar-refractivity contribution is 4.90. The smallest absolute Gasteiger partial charge is 0.0616 e. The van der Waals surface area contributed by atoms with Crippen LogP contribution in [0.1, 0.15) is 58.8 Å². The van der Waals surface area contributed by atoms with Crippen LogP contribution in [0, 0.1) is 0 Å². The highest BCUT2D eigenvalue weighted by Crippen LogP contribution is 2.29. The van der Waals surface area contributed by atoms with Crippen molar-refractivity contribution in [1.29, 1.82) is 0 Å². The van der Waals surface area contributed by atoms with E-state index in [-0.39, 0.29) is 0 Å². The maximum absolute atomic E-state index is 5.29. The Kier molecular flexibility index (Phi) is 5.62. The zero-order valence-corrected chi connectivity index (χ0v) is 10.6. The summed E-state index contributed by atoms with van der Waals surface area (Å²) in [6.07, 6.45) is 9.27. The maximum Gasteiger partial charge on any atom is 0.0616 e. The van der Waals surface area contributed by atoms with Crippen LogP contribution in [-0.2, 0) is 4.74 Å². The molecule has 90 valence electrons. The summed E-state index contributed by atoms with van der Waals surface area (Å²) >= 11 is 0. The molecule has 15 heavy (non-hydrogen) atoms. The average Bonchev–Trinajstić information content (AvgIpc) is 2.62. The van der Waals surface area contributed by atoms with Crippen LogP contribution in [0.4, 0.5) is 0 Å². The van der Waals surface area contributed by atoms with E-state index in [1.54, 1.807) is 7.11 Å². The molecule has 1 unspecified atom stereocenters. The molecule has 1 aliphatic carbocycles. The van der Waals surface area contributed by atoms with E-state index in [1.165, 1.54) is 44.9 Å². The van der Waals surface area contributed by atoms with Gasteiger partial charge in [-0.1, -0.05) is 32.6 Å². The molecule has 1 N–H and O–H groups in total. The van der Waals surface area contributed by atoms with Crippen molar-refractivity contribution >= 4 is 0 Å². The van der Waals surface area contributed by atoms with Gasteiger partial charge in [0.2, 0.25) is 0 Å². The second kappa shape index (κ2) is 6.49. The van der Waals surface area contributed by atoms with Gasteiger partial charge in [-0.2, -0.15) is 0 Å². The number of unbranched alkanes of at least 4 members (excludes halogenated alkanes) is 1. The van der Waals surface area contributed by atoms with Gasteiger partial charge in [-0.3, -0.25) is 0 Å². The lowest BCUT2D eigenvalue weighted by Crippen LogP contribution is -2.48. The summed E-state index contributed by atoms with van der Waals surface area (Å²) < 4.78 is 5.29. The summed E-state index contributed by atoms with van der Waals surface area (Å²) in [4.78, 5) is 0. The van der Waals surface area contributed by atoms with Crippen LogP contribution in [0.15, 0.2) is 0 Å². The molecule has 1 saturated carbocycles. The molecule has 2 heteroatoms. The summed E-state index contributed by atoms with van der Waals surface area (Å²) in [6, 6.07) is 0.554. The van der Waals surface area contributed by atoms with Crippen molar-refractivity contribution in [1.82, 2.24) is 5.32 Å². The van der Waals surface area contributed by atoms with E-state index in [9.17, 15) is 0 Å². The van der Waals surface area contributed by atoms with Crippen molar-refractivity contribution in [2.75, 3.05) is 13.7 Å². The van der Waals surface area contributed by atoms with Crippen LogP contribution >= 0.6 is 0 Å². The summed E-state index contributed by atoms with van der Waals surface area (Å²) in [5.41, 5.74) is 0.386. The summed E-state index contributed by atoms with van der Waals surface area (Å²) in [5.74, 6) is 0. The van der Waals surface area contributed by atoms with Gasteiger partial charge >= 0.3 is 0 Å². The first-order valence-corrected chi connectivity index (χ1v) is 6.47. The molecule has 0 radical (unpaired) electrons. The van der Waals surface area contributed by atoms with Crippen LogP contribution in [0.2, 0.25) is 0 Å². The monoisotopic (exact) mass is 213 g/mol. The topological polar surface area (TPSA) is 21.3 Å². The minimum Gasteiger partial charge on any atom is -0.383 e. The summed E-state index contributed by atoms with van der Waals surface area (Å²) in [6.45, 7) is 5.48. The van der Waals surface area contributed by atoms with E-state index >= 15 is 0 Å². The third kappa shape index (κ3) is 4.52. The number of hydrogen-bond acceptors (Lipinski definition) is 2. The lowest BCUT2D eigenvalue weighted by Gasteiger charge is -2.31. The molecule has 1 rings (SSSR count). The predicted molar refractivity (Wildman–Crippen MR) is 65.2 cm³/mol. The molecule has 1 atom stereocenters. The van der Waals surface area contributed by atoms with Gasteiger partial charge in [0.25, 0.3) is 0 Å². The lowest BCUT2D eigenvalue weighted by molar-refractivity contribution is 0.142. The Balaban J connectivity index is 2.34. The van der Waals surface area contributed by atoms with E-state index in [0.29, 0.717) is 11.6 Å². The lowest BCUT2D eigenvalue weighted by atomic mass is 9.98. The fourth-order valence-electron chi connectivity index (χ4n) is 2.64. The molecule has 0 aromatic carbocycles. The first-order chi connectivity index (χ1) is 7.20. The van der Waals surface area contributed by atoms with Gasteiger partial charge in [-0.05, 0) is 26.2 Å². The Hall–Kier alpha value is -0.0800. The molecule has 0 heterocycles. The Morgan fingerprint density at radius 1 is 1.33 bits per heavy atom. The number of hydrogen-bond donors (Lipinski definition) is 1. The second-order valence-corrected chi connectivity index (χ2v) is 5.21. The maximum atomic E-state index is 5.29. The standard InChI is InChI=1S/C13H27NO/c1-4-5-8-12(11-15-3)14-13(2)9-6-7-10-13/h12,14H,4-11H2,1-3H3. The fraction of sp³-hybridized carbons (Fsp3) is 1.00. The summed E-state index contributed by atoms with van der Waals surface area (Å²) in [7, 11) is 1.80. The normalized spacial score (nSPS) is 21.8. The van der Waals surface area contributed by atoms with E-state index in [4.69, 9.17) is 4.74 Å². The minimum atomic E-state index is 0.386.